The molecular formula is C28H30NO7+. The van der Waals surface area contributed by atoms with Gasteiger partial charge in [-0.3, -0.25) is 14.4 Å². The number of esters is 2. The lowest BCUT2D eigenvalue weighted by Gasteiger charge is -2.37. The fraction of sp³-hybridized carbons (Fsp3) is 0.321. The summed E-state index contributed by atoms with van der Waals surface area (Å²) in [5.74, 6) is -0.605. The molecule has 2 heterocycles. The van der Waals surface area contributed by atoms with E-state index >= 15 is 0 Å². The molecule has 0 saturated carbocycles. The topological polar surface area (TPSA) is 92.0 Å². The van der Waals surface area contributed by atoms with Crippen molar-refractivity contribution in [2.24, 2.45) is 0 Å². The van der Waals surface area contributed by atoms with Crippen molar-refractivity contribution in [1.29, 1.82) is 0 Å². The second-order valence-electron chi connectivity index (χ2n) is 8.97. The van der Waals surface area contributed by atoms with Gasteiger partial charge in [0.25, 0.3) is 0 Å². The van der Waals surface area contributed by atoms with Gasteiger partial charge in [-0.05, 0) is 24.1 Å². The van der Waals surface area contributed by atoms with E-state index in [2.05, 4.69) is 6.58 Å². The zero-order valence-electron chi connectivity index (χ0n) is 20.4. The first kappa shape index (κ1) is 25.3. The molecule has 2 aromatic carbocycles. The standard InChI is InChI=1S/C28H30NO7/c1-20(2)18-34-26(31)11-12-27(32)35-19-29(13-15-33-16-14-29)25-17-24(30)23-10-6-9-22(28(23)36-25)21-7-4-3-5-8-21/h3-10,17H,1,11-16,18-19H2,2H3/q+1. The molecule has 0 radical (unpaired) electrons. The summed E-state index contributed by atoms with van der Waals surface area (Å²) in [4.78, 5) is 37.4. The zero-order chi connectivity index (χ0) is 25.5. The third kappa shape index (κ3) is 5.90. The number of quaternary nitrogens is 1. The van der Waals surface area contributed by atoms with Crippen molar-refractivity contribution in [3.8, 4) is 11.1 Å². The highest BCUT2D eigenvalue weighted by molar-refractivity contribution is 5.92. The summed E-state index contributed by atoms with van der Waals surface area (Å²) in [7, 11) is 0. The molecule has 0 unspecified atom stereocenters. The van der Waals surface area contributed by atoms with E-state index in [1.807, 2.05) is 42.5 Å². The van der Waals surface area contributed by atoms with Gasteiger partial charge in [-0.15, -0.1) is 0 Å². The first-order chi connectivity index (χ1) is 17.4. The van der Waals surface area contributed by atoms with E-state index in [4.69, 9.17) is 18.6 Å². The molecule has 1 saturated heterocycles. The minimum Gasteiger partial charge on any atom is -0.461 e. The summed E-state index contributed by atoms with van der Waals surface area (Å²) < 4.78 is 22.7. The molecule has 0 bridgehead atoms. The Kier molecular flexibility index (Phi) is 7.97. The number of ether oxygens (including phenoxy) is 3. The summed E-state index contributed by atoms with van der Waals surface area (Å²) >= 11 is 0. The predicted molar refractivity (Wildman–Crippen MR) is 136 cm³/mol. The van der Waals surface area contributed by atoms with Crippen molar-refractivity contribution in [1.82, 2.24) is 4.48 Å². The van der Waals surface area contributed by atoms with Crippen molar-refractivity contribution in [3.05, 3.63) is 77.0 Å². The van der Waals surface area contributed by atoms with Gasteiger partial charge < -0.3 is 18.6 Å². The maximum absolute atomic E-state index is 13.1. The van der Waals surface area contributed by atoms with E-state index in [1.54, 1.807) is 13.0 Å². The van der Waals surface area contributed by atoms with E-state index in [9.17, 15) is 14.4 Å². The van der Waals surface area contributed by atoms with Crippen LogP contribution in [-0.2, 0) is 23.8 Å². The molecule has 8 nitrogen and oxygen atoms in total. The molecule has 0 atom stereocenters. The SMILES string of the molecule is C=C(C)COC(=O)CCC(=O)OC[N+]1(c2cc(=O)c3cccc(-c4ccccc4)c3o2)CCOCC1. The zero-order valence-corrected chi connectivity index (χ0v) is 20.4. The van der Waals surface area contributed by atoms with Crippen LogP contribution in [-0.4, -0.2) is 51.6 Å². The Labute approximate surface area is 209 Å². The lowest BCUT2D eigenvalue weighted by Crippen LogP contribution is -2.58. The molecule has 1 aliphatic rings. The number of hydrogen-bond acceptors (Lipinski definition) is 7. The van der Waals surface area contributed by atoms with Gasteiger partial charge in [0.15, 0.2) is 11.0 Å². The number of morpholine rings is 1. The van der Waals surface area contributed by atoms with Crippen LogP contribution in [0, 0.1) is 0 Å². The van der Waals surface area contributed by atoms with Gasteiger partial charge in [0.2, 0.25) is 6.73 Å². The van der Waals surface area contributed by atoms with Crippen molar-refractivity contribution >= 4 is 28.8 Å². The highest BCUT2D eigenvalue weighted by Gasteiger charge is 2.38. The summed E-state index contributed by atoms with van der Waals surface area (Å²) in [6.07, 6.45) is -0.188. The third-order valence-electron chi connectivity index (χ3n) is 6.11. The van der Waals surface area contributed by atoms with E-state index < -0.39 is 11.9 Å². The quantitative estimate of drug-likeness (QED) is 0.251. The molecule has 3 aromatic rings. The van der Waals surface area contributed by atoms with E-state index in [-0.39, 0.29) is 36.1 Å². The smallest absolute Gasteiger partial charge is 0.310 e. The summed E-state index contributed by atoms with van der Waals surface area (Å²) in [5, 5.41) is 0.483. The molecular weight excluding hydrogens is 462 g/mol. The Morgan fingerprint density at radius 3 is 2.36 bits per heavy atom. The first-order valence-corrected chi connectivity index (χ1v) is 11.9. The van der Waals surface area contributed by atoms with Gasteiger partial charge in [-0.1, -0.05) is 49.0 Å². The Bertz CT molecular complexity index is 1310. The fourth-order valence-electron chi connectivity index (χ4n) is 4.10. The van der Waals surface area contributed by atoms with E-state index in [0.717, 1.165) is 16.7 Å². The number of para-hydroxylation sites is 1. The van der Waals surface area contributed by atoms with Crippen molar-refractivity contribution in [2.75, 3.05) is 39.6 Å². The molecule has 0 N–H and O–H groups in total. The van der Waals surface area contributed by atoms with Crippen molar-refractivity contribution < 1.29 is 28.2 Å². The van der Waals surface area contributed by atoms with Crippen molar-refractivity contribution in [2.45, 2.75) is 19.8 Å². The number of nitrogens with zero attached hydrogens (tertiary/aromatic N) is 1. The Morgan fingerprint density at radius 1 is 0.972 bits per heavy atom. The number of rotatable bonds is 9. The molecule has 1 aliphatic heterocycles. The average molecular weight is 493 g/mol. The summed E-state index contributed by atoms with van der Waals surface area (Å²) in [6, 6.07) is 16.7. The van der Waals surface area contributed by atoms with Crippen molar-refractivity contribution in [3.63, 3.8) is 0 Å². The lowest BCUT2D eigenvalue weighted by molar-refractivity contribution is -0.154. The van der Waals surface area contributed by atoms with Crippen LogP contribution in [0.15, 0.2) is 76.0 Å². The van der Waals surface area contributed by atoms with Crippen LogP contribution in [0.1, 0.15) is 19.8 Å². The summed E-state index contributed by atoms with van der Waals surface area (Å²) in [6.45, 7) is 7.30. The van der Waals surface area contributed by atoms with E-state index in [1.165, 1.54) is 6.07 Å². The second-order valence-corrected chi connectivity index (χ2v) is 8.97. The minimum atomic E-state index is -0.528. The van der Waals surface area contributed by atoms with Crippen LogP contribution >= 0.6 is 0 Å². The van der Waals surface area contributed by atoms with Gasteiger partial charge in [-0.25, -0.2) is 4.48 Å². The van der Waals surface area contributed by atoms with Crippen LogP contribution in [0.5, 0.6) is 0 Å². The molecule has 1 aromatic heterocycles. The number of carbonyl (C=O) groups is 2. The maximum Gasteiger partial charge on any atom is 0.310 e. The Hall–Kier alpha value is -3.75. The summed E-state index contributed by atoms with van der Waals surface area (Å²) in [5.41, 5.74) is 2.78. The largest absolute Gasteiger partial charge is 0.461 e. The van der Waals surface area contributed by atoms with Gasteiger partial charge >= 0.3 is 17.8 Å². The molecule has 0 aliphatic carbocycles. The molecule has 8 heteroatoms. The molecule has 188 valence electrons. The maximum atomic E-state index is 13.1. The highest BCUT2D eigenvalue weighted by Crippen LogP contribution is 2.32. The molecule has 36 heavy (non-hydrogen) atoms. The van der Waals surface area contributed by atoms with Gasteiger partial charge in [-0.2, -0.15) is 0 Å². The van der Waals surface area contributed by atoms with Crippen LogP contribution in [0.4, 0.5) is 5.88 Å². The van der Waals surface area contributed by atoms with E-state index in [0.29, 0.717) is 43.2 Å². The average Bonchev–Trinajstić information content (AvgIpc) is 2.90. The highest BCUT2D eigenvalue weighted by atomic mass is 16.6. The van der Waals surface area contributed by atoms with Gasteiger partial charge in [0.1, 0.15) is 19.7 Å². The number of benzene rings is 2. The normalized spacial score (nSPS) is 14.8. The van der Waals surface area contributed by atoms with Crippen LogP contribution in [0.3, 0.4) is 0 Å². The molecule has 4 rings (SSSR count). The van der Waals surface area contributed by atoms with Crippen LogP contribution in [0.2, 0.25) is 0 Å². The molecule has 0 spiro atoms. The fourth-order valence-corrected chi connectivity index (χ4v) is 4.10. The number of fused-ring (bicyclic) bond motifs is 1. The van der Waals surface area contributed by atoms with Gasteiger partial charge in [0, 0.05) is 5.56 Å². The molecule has 0 amide bonds. The Morgan fingerprint density at radius 2 is 1.67 bits per heavy atom. The lowest BCUT2D eigenvalue weighted by atomic mass is 10.0. The Balaban J connectivity index is 1.58. The van der Waals surface area contributed by atoms with Crippen LogP contribution in [0.25, 0.3) is 22.1 Å². The number of hydrogen-bond donors (Lipinski definition) is 0. The predicted octanol–water partition coefficient (Wildman–Crippen LogP) is 4.20. The second kappa shape index (κ2) is 11.3. The molecule has 1 fully saturated rings. The number of carbonyl (C=O) groups excluding carboxylic acids is 2. The van der Waals surface area contributed by atoms with Crippen LogP contribution < -0.4 is 9.91 Å². The monoisotopic (exact) mass is 492 g/mol. The first-order valence-electron chi connectivity index (χ1n) is 11.9. The third-order valence-corrected chi connectivity index (χ3v) is 6.11. The minimum absolute atomic E-state index is 0.0367. The van der Waals surface area contributed by atoms with Gasteiger partial charge in [0.05, 0.1) is 37.5 Å².